The maximum Gasteiger partial charge on any atom is 0.425 e. The second kappa shape index (κ2) is 17.1. The molecule has 3 aliphatic rings. The smallest absolute Gasteiger partial charge is 0.425 e. The van der Waals surface area contributed by atoms with Gasteiger partial charge in [0.25, 0.3) is 11.8 Å². The first-order valence-electron chi connectivity index (χ1n) is 19.2. The van der Waals surface area contributed by atoms with Crippen LogP contribution < -0.4 is 10.5 Å². The van der Waals surface area contributed by atoms with Crippen molar-refractivity contribution in [2.24, 2.45) is 17.1 Å². The minimum atomic E-state index is -4.92. The molecule has 1 aliphatic carbocycles. The highest BCUT2D eigenvalue weighted by Crippen LogP contribution is 2.47. The molecule has 0 aromatic carbocycles. The number of hydrogen-bond donors (Lipinski definition) is 2. The molecule has 5 rings (SSSR count). The number of nitrogens with two attached hydrogens (primary N) is 1. The van der Waals surface area contributed by atoms with Crippen molar-refractivity contribution < 1.29 is 55.3 Å². The quantitative estimate of drug-likeness (QED) is 0.153. The van der Waals surface area contributed by atoms with E-state index in [0.29, 0.717) is 37.0 Å². The molecule has 57 heavy (non-hydrogen) atoms. The van der Waals surface area contributed by atoms with Crippen molar-refractivity contribution >= 4 is 29.1 Å². The standard InChI is InChI=1S/C40H50F6N4O6S/c1-5-10-29-38(56-27-23-31(57-24-27)40(44,45)46,15-9-19-50(29)33(51)32-28(39(41,42)43)11-8-18-48-32)35(54)49-20-16-37(47,17-21-49)36(4,14-6-2)30(7-3)55-26-13-12-25(22-26)34(52)53/h6-8,11,14,18,23-26,29-30H,3,5,9-10,12-13,15-17,19-22,47H2,1-2,4H3,(H,52,53)/b14-6-/t25-,26-,29+,30?,36?,38-/m0/s1. The summed E-state index contributed by atoms with van der Waals surface area (Å²) in [7, 11) is 0. The molecule has 0 spiro atoms. The molecule has 2 aliphatic heterocycles. The van der Waals surface area contributed by atoms with E-state index in [-0.39, 0.29) is 63.6 Å². The number of rotatable bonds is 13. The zero-order valence-corrected chi connectivity index (χ0v) is 33.0. The Kier molecular flexibility index (Phi) is 13.2. The second-order valence-corrected chi connectivity index (χ2v) is 16.3. The maximum absolute atomic E-state index is 15.1. The summed E-state index contributed by atoms with van der Waals surface area (Å²) in [6.07, 6.45) is -1.76. The molecular formula is C40H50F6N4O6S. The van der Waals surface area contributed by atoms with Gasteiger partial charge in [-0.3, -0.25) is 19.4 Å². The van der Waals surface area contributed by atoms with Gasteiger partial charge in [0, 0.05) is 54.7 Å². The average molecular weight is 829 g/mol. The van der Waals surface area contributed by atoms with E-state index in [0.717, 1.165) is 34.7 Å². The first-order chi connectivity index (χ1) is 26.7. The first-order valence-corrected chi connectivity index (χ1v) is 20.0. The number of ether oxygens (including phenoxy) is 2. The third-order valence-corrected chi connectivity index (χ3v) is 12.9. The summed E-state index contributed by atoms with van der Waals surface area (Å²) < 4.78 is 96.5. The van der Waals surface area contributed by atoms with Gasteiger partial charge in [-0.2, -0.15) is 26.3 Å². The van der Waals surface area contributed by atoms with Gasteiger partial charge in [-0.1, -0.05) is 38.5 Å². The van der Waals surface area contributed by atoms with Gasteiger partial charge in [-0.15, -0.1) is 17.9 Å². The number of hydrogen-bond acceptors (Lipinski definition) is 8. The van der Waals surface area contributed by atoms with E-state index in [1.807, 2.05) is 26.0 Å². The molecule has 17 heteroatoms. The molecule has 2 saturated heterocycles. The highest BCUT2D eigenvalue weighted by molar-refractivity contribution is 7.10. The Morgan fingerprint density at radius 3 is 2.39 bits per heavy atom. The SMILES string of the molecule is C=CC(O[C@H]1CC[C@H](C(=O)O)C1)C(C)(/C=C\C)C1(N)CCN(C(=O)[C@]2(Oc3csc(C(F)(F)F)c3)CCCN(C(=O)c3ncccc3C(F)(F)F)[C@@H]2CCC)CC1. The van der Waals surface area contributed by atoms with Gasteiger partial charge in [0.15, 0.2) is 0 Å². The number of aromatic nitrogens is 1. The summed E-state index contributed by atoms with van der Waals surface area (Å²) in [6.45, 7) is 9.63. The van der Waals surface area contributed by atoms with Crippen molar-refractivity contribution in [3.05, 3.63) is 70.7 Å². The number of pyridine rings is 1. The van der Waals surface area contributed by atoms with Crippen LogP contribution in [0.4, 0.5) is 26.3 Å². The Morgan fingerprint density at radius 1 is 1.12 bits per heavy atom. The number of nitrogens with zero attached hydrogens (tertiary/aromatic N) is 3. The summed E-state index contributed by atoms with van der Waals surface area (Å²) in [5.74, 6) is -3.34. The molecule has 1 saturated carbocycles. The lowest BCUT2D eigenvalue weighted by atomic mass is 9.62. The minimum absolute atomic E-state index is 0.0303. The molecule has 10 nitrogen and oxygen atoms in total. The summed E-state index contributed by atoms with van der Waals surface area (Å²) in [5, 5.41) is 10.7. The van der Waals surface area contributed by atoms with Crippen LogP contribution >= 0.6 is 11.3 Å². The summed E-state index contributed by atoms with van der Waals surface area (Å²) >= 11 is 0.376. The number of allylic oxidation sites excluding steroid dienone is 1. The summed E-state index contributed by atoms with van der Waals surface area (Å²) in [5.41, 5.74) is 1.29. The topological polar surface area (TPSA) is 135 Å². The Bertz CT molecular complexity index is 1810. The van der Waals surface area contributed by atoms with E-state index in [4.69, 9.17) is 15.2 Å². The van der Waals surface area contributed by atoms with Crippen LogP contribution in [0.15, 0.2) is 54.6 Å². The molecule has 314 valence electrons. The third kappa shape index (κ3) is 8.89. The van der Waals surface area contributed by atoms with Gasteiger partial charge < -0.3 is 30.1 Å². The van der Waals surface area contributed by atoms with Crippen molar-refractivity contribution in [2.75, 3.05) is 19.6 Å². The highest BCUT2D eigenvalue weighted by atomic mass is 32.1. The maximum atomic E-state index is 15.1. The number of thiophene rings is 1. The lowest BCUT2D eigenvalue weighted by Crippen LogP contribution is -2.70. The monoisotopic (exact) mass is 828 g/mol. The fourth-order valence-electron chi connectivity index (χ4n) is 8.82. The van der Waals surface area contributed by atoms with E-state index in [1.54, 1.807) is 13.0 Å². The fraction of sp³-hybridized carbons (Fsp3) is 0.600. The summed E-state index contributed by atoms with van der Waals surface area (Å²) in [4.78, 5) is 46.3. The number of carbonyl (C=O) groups excluding carboxylic acids is 2. The van der Waals surface area contributed by atoms with Crippen LogP contribution in [0.2, 0.25) is 0 Å². The molecule has 0 bridgehead atoms. The number of carboxylic acid groups (broad SMARTS) is 1. The van der Waals surface area contributed by atoms with E-state index >= 15 is 4.79 Å². The molecule has 3 fully saturated rings. The Morgan fingerprint density at radius 2 is 1.82 bits per heavy atom. The van der Waals surface area contributed by atoms with Crippen LogP contribution in [0.1, 0.15) is 99.5 Å². The highest BCUT2D eigenvalue weighted by Gasteiger charge is 2.58. The van der Waals surface area contributed by atoms with Crippen molar-refractivity contribution in [3.8, 4) is 5.75 Å². The van der Waals surface area contributed by atoms with Crippen LogP contribution in [-0.2, 0) is 26.7 Å². The van der Waals surface area contributed by atoms with Gasteiger partial charge in [0.1, 0.15) is 16.3 Å². The van der Waals surface area contributed by atoms with Crippen LogP contribution in [0.25, 0.3) is 0 Å². The average Bonchev–Trinajstić information content (AvgIpc) is 3.84. The predicted molar refractivity (Wildman–Crippen MR) is 200 cm³/mol. The summed E-state index contributed by atoms with van der Waals surface area (Å²) in [6, 6.07) is 1.42. The van der Waals surface area contributed by atoms with E-state index in [9.17, 15) is 41.0 Å². The largest absolute Gasteiger partial charge is 0.481 e. The number of carboxylic acids is 1. The van der Waals surface area contributed by atoms with Crippen LogP contribution in [0, 0.1) is 11.3 Å². The number of aliphatic carboxylic acids is 1. The van der Waals surface area contributed by atoms with Crippen molar-refractivity contribution in [1.82, 2.24) is 14.8 Å². The number of likely N-dealkylation sites (tertiary alicyclic amines) is 2. The molecular weight excluding hydrogens is 779 g/mol. The van der Waals surface area contributed by atoms with Crippen molar-refractivity contribution in [2.45, 2.75) is 120 Å². The van der Waals surface area contributed by atoms with E-state index in [2.05, 4.69) is 11.6 Å². The number of carbonyl (C=O) groups is 3. The molecule has 2 aromatic heterocycles. The van der Waals surface area contributed by atoms with Crippen molar-refractivity contribution in [1.29, 1.82) is 0 Å². The number of amides is 2. The van der Waals surface area contributed by atoms with Crippen LogP contribution in [0.5, 0.6) is 5.75 Å². The van der Waals surface area contributed by atoms with Gasteiger partial charge in [0.2, 0.25) is 5.60 Å². The zero-order chi connectivity index (χ0) is 42.0. The normalized spacial score (nSPS) is 25.9. The van der Waals surface area contributed by atoms with Crippen LogP contribution in [-0.4, -0.2) is 86.7 Å². The lowest BCUT2D eigenvalue weighted by Gasteiger charge is -2.54. The predicted octanol–water partition coefficient (Wildman–Crippen LogP) is 8.13. The van der Waals surface area contributed by atoms with Gasteiger partial charge >= 0.3 is 18.3 Å². The number of piperidine rings is 2. The Labute approximate surface area is 332 Å². The molecule has 6 atom stereocenters. The number of alkyl halides is 6. The second-order valence-electron chi connectivity index (χ2n) is 15.4. The van der Waals surface area contributed by atoms with E-state index in [1.165, 1.54) is 4.90 Å². The molecule has 2 aromatic rings. The lowest BCUT2D eigenvalue weighted by molar-refractivity contribution is -0.162. The minimum Gasteiger partial charge on any atom is -0.481 e. The van der Waals surface area contributed by atoms with Gasteiger partial charge in [-0.25, -0.2) is 0 Å². The zero-order valence-electron chi connectivity index (χ0n) is 32.2. The first kappa shape index (κ1) is 44.1. The number of halogens is 6. The van der Waals surface area contributed by atoms with Crippen LogP contribution in [0.3, 0.4) is 0 Å². The molecule has 3 N–H and O–H groups in total. The van der Waals surface area contributed by atoms with Crippen molar-refractivity contribution in [3.63, 3.8) is 0 Å². The Balaban J connectivity index is 1.49. The van der Waals surface area contributed by atoms with Gasteiger partial charge in [-0.05, 0) is 64.0 Å². The molecule has 2 unspecified atom stereocenters. The molecule has 0 radical (unpaired) electrons. The molecule has 4 heterocycles. The third-order valence-electron chi connectivity index (χ3n) is 11.9. The van der Waals surface area contributed by atoms with E-state index < -0.39 is 80.9 Å². The molecule has 2 amide bonds. The fourth-order valence-corrected chi connectivity index (χ4v) is 9.50. The van der Waals surface area contributed by atoms with Gasteiger partial charge in [0.05, 0.1) is 29.7 Å². The Hall–Kier alpha value is -3.96.